The molecule has 1 saturated heterocycles. The van der Waals surface area contributed by atoms with Crippen molar-refractivity contribution in [2.45, 2.75) is 25.5 Å². The highest BCUT2D eigenvalue weighted by atomic mass is 35.5. The largest absolute Gasteiger partial charge is 0.376 e. The number of ether oxygens (including phenoxy) is 1. The lowest BCUT2D eigenvalue weighted by atomic mass is 10.1. The van der Waals surface area contributed by atoms with Gasteiger partial charge in [-0.1, -0.05) is 35.0 Å². The molecule has 3 aromatic rings. The predicted octanol–water partition coefficient (Wildman–Crippen LogP) is 4.88. The Hall–Kier alpha value is -2.15. The van der Waals surface area contributed by atoms with Crippen molar-refractivity contribution in [1.82, 2.24) is 10.1 Å². The lowest BCUT2D eigenvalue weighted by Gasteiger charge is -2.24. The van der Waals surface area contributed by atoms with Gasteiger partial charge in [0.2, 0.25) is 0 Å². The van der Waals surface area contributed by atoms with E-state index in [1.165, 1.54) is 0 Å². The van der Waals surface area contributed by atoms with E-state index in [4.69, 9.17) is 20.9 Å². The molecule has 5 nitrogen and oxygen atoms in total. The fourth-order valence-corrected chi connectivity index (χ4v) is 4.07. The van der Waals surface area contributed by atoms with Crippen LogP contribution in [0, 0.1) is 0 Å². The third-order valence-corrected chi connectivity index (χ3v) is 5.60. The third kappa shape index (κ3) is 4.40. The number of hydrogen-bond donors (Lipinski definition) is 0. The molecule has 1 amide bonds. The van der Waals surface area contributed by atoms with E-state index >= 15 is 0 Å². The minimum atomic E-state index is -0.157. The lowest BCUT2D eigenvalue weighted by Crippen LogP contribution is -2.36. The van der Waals surface area contributed by atoms with Gasteiger partial charge >= 0.3 is 0 Å². The zero-order valence-electron chi connectivity index (χ0n) is 14.6. The normalized spacial score (nSPS) is 16.6. The van der Waals surface area contributed by atoms with Crippen molar-refractivity contribution in [3.63, 3.8) is 0 Å². The minimum absolute atomic E-state index is 0.0770. The molecular weight excluding hydrogens is 384 g/mol. The molecule has 4 rings (SSSR count). The molecule has 27 heavy (non-hydrogen) atoms. The maximum atomic E-state index is 13.1. The summed E-state index contributed by atoms with van der Waals surface area (Å²) < 4.78 is 11.1. The van der Waals surface area contributed by atoms with Crippen molar-refractivity contribution in [3.05, 3.63) is 63.4 Å². The molecule has 7 heteroatoms. The van der Waals surface area contributed by atoms with Crippen LogP contribution in [0.25, 0.3) is 11.3 Å². The molecule has 0 N–H and O–H groups in total. The van der Waals surface area contributed by atoms with Gasteiger partial charge in [0.15, 0.2) is 11.5 Å². The molecule has 1 unspecified atom stereocenters. The zero-order chi connectivity index (χ0) is 18.6. The minimum Gasteiger partial charge on any atom is -0.376 e. The first-order chi connectivity index (χ1) is 13.2. The van der Waals surface area contributed by atoms with Crippen LogP contribution in [0.2, 0.25) is 5.02 Å². The van der Waals surface area contributed by atoms with Gasteiger partial charge in [-0.3, -0.25) is 4.79 Å². The Morgan fingerprint density at radius 2 is 2.22 bits per heavy atom. The third-order valence-electron chi connectivity index (χ3n) is 4.50. The molecule has 1 fully saturated rings. The van der Waals surface area contributed by atoms with Crippen LogP contribution in [-0.2, 0) is 11.3 Å². The van der Waals surface area contributed by atoms with Crippen molar-refractivity contribution >= 4 is 28.8 Å². The number of halogens is 1. The van der Waals surface area contributed by atoms with E-state index in [2.05, 4.69) is 5.16 Å². The second-order valence-electron chi connectivity index (χ2n) is 6.49. The van der Waals surface area contributed by atoms with Crippen LogP contribution >= 0.6 is 22.9 Å². The van der Waals surface area contributed by atoms with E-state index < -0.39 is 0 Å². The second kappa shape index (κ2) is 8.25. The maximum Gasteiger partial charge on any atom is 0.276 e. The number of hydrogen-bond acceptors (Lipinski definition) is 5. The summed E-state index contributed by atoms with van der Waals surface area (Å²) in [6, 6.07) is 13.0. The monoisotopic (exact) mass is 402 g/mol. The van der Waals surface area contributed by atoms with E-state index in [0.29, 0.717) is 29.6 Å². The second-order valence-corrected chi connectivity index (χ2v) is 7.96. The van der Waals surface area contributed by atoms with Gasteiger partial charge in [-0.25, -0.2) is 0 Å². The van der Waals surface area contributed by atoms with E-state index in [1.54, 1.807) is 34.4 Å². The molecule has 1 aliphatic rings. The van der Waals surface area contributed by atoms with Gasteiger partial charge in [0.1, 0.15) is 0 Å². The van der Waals surface area contributed by atoms with Crippen molar-refractivity contribution in [2.75, 3.05) is 13.2 Å². The van der Waals surface area contributed by atoms with Crippen LogP contribution in [0.5, 0.6) is 0 Å². The van der Waals surface area contributed by atoms with Crippen LogP contribution in [-0.4, -0.2) is 35.2 Å². The quantitative estimate of drug-likeness (QED) is 0.589. The van der Waals surface area contributed by atoms with Crippen LogP contribution in [0.3, 0.4) is 0 Å². The van der Waals surface area contributed by atoms with Crippen LogP contribution in [0.1, 0.15) is 28.2 Å². The van der Waals surface area contributed by atoms with E-state index in [-0.39, 0.29) is 12.0 Å². The lowest BCUT2D eigenvalue weighted by molar-refractivity contribution is 0.0502. The van der Waals surface area contributed by atoms with Gasteiger partial charge in [-0.2, -0.15) is 0 Å². The Kier molecular flexibility index (Phi) is 5.57. The summed E-state index contributed by atoms with van der Waals surface area (Å²) in [5.41, 5.74) is 1.08. The van der Waals surface area contributed by atoms with Gasteiger partial charge < -0.3 is 14.2 Å². The Labute approximate surface area is 166 Å². The van der Waals surface area contributed by atoms with Crippen molar-refractivity contribution in [1.29, 1.82) is 0 Å². The summed E-state index contributed by atoms with van der Waals surface area (Å²) in [6.07, 6.45) is 2.09. The van der Waals surface area contributed by atoms with E-state index in [1.807, 2.05) is 29.6 Å². The molecule has 2 aromatic heterocycles. The topological polar surface area (TPSA) is 55.6 Å². The van der Waals surface area contributed by atoms with E-state index in [9.17, 15) is 4.79 Å². The van der Waals surface area contributed by atoms with E-state index in [0.717, 1.165) is 29.9 Å². The zero-order valence-corrected chi connectivity index (χ0v) is 16.2. The van der Waals surface area contributed by atoms with Crippen LogP contribution < -0.4 is 0 Å². The number of carbonyl (C=O) groups is 1. The highest BCUT2D eigenvalue weighted by Crippen LogP contribution is 2.25. The SMILES string of the molecule is O=C(c1cc(-c2cccc(Cl)c2)on1)N(Cc1cccs1)CC1CCCO1. The molecule has 0 aliphatic carbocycles. The van der Waals surface area contributed by atoms with Crippen molar-refractivity contribution < 1.29 is 14.1 Å². The highest BCUT2D eigenvalue weighted by molar-refractivity contribution is 7.09. The summed E-state index contributed by atoms with van der Waals surface area (Å²) in [5.74, 6) is 0.366. The standard InChI is InChI=1S/C20H19ClN2O3S/c21-15-5-1-4-14(10-15)19-11-18(22-26-19)20(24)23(12-16-6-2-8-25-16)13-17-7-3-9-27-17/h1,3-5,7,9-11,16H,2,6,8,12-13H2. The molecule has 140 valence electrons. The Bertz CT molecular complexity index is 904. The average Bonchev–Trinajstić information content (AvgIpc) is 3.43. The summed E-state index contributed by atoms with van der Waals surface area (Å²) >= 11 is 7.67. The van der Waals surface area contributed by atoms with Gasteiger partial charge in [-0.05, 0) is 36.4 Å². The number of thiophene rings is 1. The number of rotatable bonds is 6. The number of amides is 1. The Morgan fingerprint density at radius 1 is 1.30 bits per heavy atom. The summed E-state index contributed by atoms with van der Waals surface area (Å²) in [4.78, 5) is 16.0. The Balaban J connectivity index is 1.55. The van der Waals surface area contributed by atoms with Gasteiger partial charge in [0, 0.05) is 34.7 Å². The average molecular weight is 403 g/mol. The predicted molar refractivity (Wildman–Crippen MR) is 105 cm³/mol. The van der Waals surface area contributed by atoms with Crippen LogP contribution in [0.15, 0.2) is 52.4 Å². The van der Waals surface area contributed by atoms with Crippen LogP contribution in [0.4, 0.5) is 0 Å². The van der Waals surface area contributed by atoms with Gasteiger partial charge in [0.25, 0.3) is 5.91 Å². The number of aromatic nitrogens is 1. The summed E-state index contributed by atoms with van der Waals surface area (Å²) in [7, 11) is 0. The van der Waals surface area contributed by atoms with Crippen molar-refractivity contribution in [3.8, 4) is 11.3 Å². The fourth-order valence-electron chi connectivity index (χ4n) is 3.16. The van der Waals surface area contributed by atoms with Gasteiger partial charge in [0.05, 0.1) is 12.6 Å². The molecular formula is C20H19ClN2O3S. The molecule has 0 bridgehead atoms. The number of nitrogens with zero attached hydrogens (tertiary/aromatic N) is 2. The molecule has 3 heterocycles. The summed E-state index contributed by atoms with van der Waals surface area (Å²) in [5, 5.41) is 6.62. The molecule has 0 saturated carbocycles. The first kappa shape index (κ1) is 18.2. The fraction of sp³-hybridized carbons (Fsp3) is 0.300. The smallest absolute Gasteiger partial charge is 0.276 e. The Morgan fingerprint density at radius 3 is 2.96 bits per heavy atom. The first-order valence-electron chi connectivity index (χ1n) is 8.85. The number of benzene rings is 1. The first-order valence-corrected chi connectivity index (χ1v) is 10.1. The maximum absolute atomic E-state index is 13.1. The molecule has 0 spiro atoms. The number of carbonyl (C=O) groups excluding carboxylic acids is 1. The molecule has 1 aromatic carbocycles. The molecule has 1 aliphatic heterocycles. The highest BCUT2D eigenvalue weighted by Gasteiger charge is 2.26. The summed E-state index contributed by atoms with van der Waals surface area (Å²) in [6.45, 7) is 1.85. The molecule has 1 atom stereocenters. The molecule has 0 radical (unpaired) electrons. The van der Waals surface area contributed by atoms with Crippen molar-refractivity contribution in [2.24, 2.45) is 0 Å². The van der Waals surface area contributed by atoms with Gasteiger partial charge in [-0.15, -0.1) is 11.3 Å².